The average molecular weight is 253 g/mol. The number of halogens is 1. The van der Waals surface area contributed by atoms with Crippen LogP contribution in [-0.4, -0.2) is 7.11 Å². The van der Waals surface area contributed by atoms with Crippen LogP contribution in [0.1, 0.15) is 16.5 Å². The Labute approximate surface area is 105 Å². The summed E-state index contributed by atoms with van der Waals surface area (Å²) in [5.74, 6) is 0.859. The van der Waals surface area contributed by atoms with E-state index in [1.54, 1.807) is 18.4 Å². The molecular formula is C13H13ClOS. The third-order valence-electron chi connectivity index (χ3n) is 2.47. The van der Waals surface area contributed by atoms with Crippen LogP contribution in [0.15, 0.2) is 41.1 Å². The van der Waals surface area contributed by atoms with Crippen LogP contribution in [0, 0.1) is 0 Å². The smallest absolute Gasteiger partial charge is 0.123 e. The molecule has 1 aromatic heterocycles. The molecule has 1 unspecified atom stereocenters. The van der Waals surface area contributed by atoms with E-state index in [4.69, 9.17) is 16.3 Å². The molecule has 1 aromatic carbocycles. The van der Waals surface area contributed by atoms with E-state index in [9.17, 15) is 0 Å². The van der Waals surface area contributed by atoms with Gasteiger partial charge in [-0.05, 0) is 34.9 Å². The molecule has 0 aliphatic carbocycles. The van der Waals surface area contributed by atoms with E-state index in [2.05, 4.69) is 16.8 Å². The van der Waals surface area contributed by atoms with Crippen LogP contribution in [-0.2, 0) is 6.42 Å². The predicted octanol–water partition coefficient (Wildman–Crippen LogP) is 4.28. The Morgan fingerprint density at radius 1 is 1.31 bits per heavy atom. The molecule has 0 spiro atoms. The highest BCUT2D eigenvalue weighted by Crippen LogP contribution is 2.32. The van der Waals surface area contributed by atoms with Gasteiger partial charge in [-0.1, -0.05) is 18.2 Å². The van der Waals surface area contributed by atoms with Gasteiger partial charge in [0.1, 0.15) is 5.75 Å². The largest absolute Gasteiger partial charge is 0.496 e. The molecule has 0 N–H and O–H groups in total. The molecule has 1 heterocycles. The second-order valence-corrected chi connectivity index (χ2v) is 4.85. The van der Waals surface area contributed by atoms with Gasteiger partial charge in [0.15, 0.2) is 0 Å². The van der Waals surface area contributed by atoms with E-state index in [0.717, 1.165) is 17.7 Å². The summed E-state index contributed by atoms with van der Waals surface area (Å²) in [7, 11) is 1.67. The zero-order valence-electron chi connectivity index (χ0n) is 9.02. The van der Waals surface area contributed by atoms with Crippen LogP contribution < -0.4 is 4.74 Å². The van der Waals surface area contributed by atoms with Gasteiger partial charge in [0.2, 0.25) is 0 Å². The lowest BCUT2D eigenvalue weighted by molar-refractivity contribution is 0.409. The summed E-state index contributed by atoms with van der Waals surface area (Å²) in [6.07, 6.45) is 0.839. The van der Waals surface area contributed by atoms with Crippen LogP contribution in [0.25, 0.3) is 0 Å². The molecule has 16 heavy (non-hydrogen) atoms. The number of para-hydroxylation sites is 1. The minimum absolute atomic E-state index is 0.0363. The third kappa shape index (κ3) is 2.57. The van der Waals surface area contributed by atoms with Crippen molar-refractivity contribution in [2.45, 2.75) is 11.8 Å². The van der Waals surface area contributed by atoms with Gasteiger partial charge >= 0.3 is 0 Å². The molecule has 0 saturated carbocycles. The first-order chi connectivity index (χ1) is 7.81. The molecule has 1 atom stereocenters. The highest BCUT2D eigenvalue weighted by Gasteiger charge is 2.13. The third-order valence-corrected chi connectivity index (χ3v) is 3.59. The van der Waals surface area contributed by atoms with Crippen molar-refractivity contribution in [2.75, 3.05) is 7.11 Å². The monoisotopic (exact) mass is 252 g/mol. The van der Waals surface area contributed by atoms with E-state index in [1.165, 1.54) is 5.56 Å². The standard InChI is InChI=1S/C13H13ClOS/c1-15-13-5-3-2-4-11(13)12(14)8-10-6-7-16-9-10/h2-7,9,12H,8H2,1H3. The maximum absolute atomic E-state index is 6.41. The van der Waals surface area contributed by atoms with Crippen molar-refractivity contribution in [1.29, 1.82) is 0 Å². The fraction of sp³-hybridized carbons (Fsp3) is 0.231. The van der Waals surface area contributed by atoms with Gasteiger partial charge < -0.3 is 4.74 Å². The number of alkyl halides is 1. The molecule has 0 aliphatic rings. The molecule has 3 heteroatoms. The Kier molecular flexibility index (Phi) is 3.86. The summed E-state index contributed by atoms with van der Waals surface area (Å²) >= 11 is 8.10. The first-order valence-electron chi connectivity index (χ1n) is 5.09. The SMILES string of the molecule is COc1ccccc1C(Cl)Cc1ccsc1. The van der Waals surface area contributed by atoms with Crippen molar-refractivity contribution >= 4 is 22.9 Å². The molecule has 0 fully saturated rings. The Hall–Kier alpha value is -0.990. The molecule has 2 aromatic rings. The van der Waals surface area contributed by atoms with Gasteiger partial charge in [0.25, 0.3) is 0 Å². The van der Waals surface area contributed by atoms with Gasteiger partial charge in [-0.3, -0.25) is 0 Å². The highest BCUT2D eigenvalue weighted by molar-refractivity contribution is 7.07. The predicted molar refractivity (Wildman–Crippen MR) is 69.6 cm³/mol. The van der Waals surface area contributed by atoms with Crippen LogP contribution in [0.5, 0.6) is 5.75 Å². The second-order valence-electron chi connectivity index (χ2n) is 3.55. The quantitative estimate of drug-likeness (QED) is 0.738. The molecule has 0 aliphatic heterocycles. The second kappa shape index (κ2) is 5.37. The van der Waals surface area contributed by atoms with Gasteiger partial charge in [0.05, 0.1) is 12.5 Å². The lowest BCUT2D eigenvalue weighted by atomic mass is 10.1. The minimum Gasteiger partial charge on any atom is -0.496 e. The Morgan fingerprint density at radius 3 is 2.81 bits per heavy atom. The number of rotatable bonds is 4. The van der Waals surface area contributed by atoms with Gasteiger partial charge in [-0.25, -0.2) is 0 Å². The molecular weight excluding hydrogens is 240 g/mol. The highest BCUT2D eigenvalue weighted by atomic mass is 35.5. The number of benzene rings is 1. The molecule has 0 amide bonds. The van der Waals surface area contributed by atoms with Crippen molar-refractivity contribution in [3.63, 3.8) is 0 Å². The molecule has 0 bridgehead atoms. The summed E-state index contributed by atoms with van der Waals surface area (Å²) in [4.78, 5) is 0. The van der Waals surface area contributed by atoms with Gasteiger partial charge in [-0.2, -0.15) is 11.3 Å². The van der Waals surface area contributed by atoms with Gasteiger partial charge in [0, 0.05) is 5.56 Å². The molecule has 0 saturated heterocycles. The minimum atomic E-state index is -0.0363. The van der Waals surface area contributed by atoms with Crippen LogP contribution >= 0.6 is 22.9 Å². The molecule has 84 valence electrons. The Bertz CT molecular complexity index is 439. The summed E-state index contributed by atoms with van der Waals surface area (Å²) in [6, 6.07) is 10.0. The van der Waals surface area contributed by atoms with Crippen LogP contribution in [0.3, 0.4) is 0 Å². The van der Waals surface area contributed by atoms with E-state index in [-0.39, 0.29) is 5.38 Å². The summed E-state index contributed by atoms with van der Waals surface area (Å²) in [5.41, 5.74) is 2.33. The van der Waals surface area contributed by atoms with Crippen LogP contribution in [0.4, 0.5) is 0 Å². The van der Waals surface area contributed by atoms with Gasteiger partial charge in [-0.15, -0.1) is 11.6 Å². The topological polar surface area (TPSA) is 9.23 Å². The lowest BCUT2D eigenvalue weighted by Crippen LogP contribution is -1.98. The summed E-state index contributed by atoms with van der Waals surface area (Å²) in [5, 5.41) is 4.16. The number of ether oxygens (including phenoxy) is 1. The number of methoxy groups -OCH3 is 1. The maximum atomic E-state index is 6.41. The first-order valence-corrected chi connectivity index (χ1v) is 6.47. The molecule has 0 radical (unpaired) electrons. The number of thiophene rings is 1. The zero-order valence-corrected chi connectivity index (χ0v) is 10.6. The average Bonchev–Trinajstić information content (AvgIpc) is 2.81. The van der Waals surface area contributed by atoms with Crippen molar-refractivity contribution in [2.24, 2.45) is 0 Å². The normalized spacial score (nSPS) is 12.4. The van der Waals surface area contributed by atoms with E-state index in [1.807, 2.05) is 24.3 Å². The fourth-order valence-corrected chi connectivity index (χ4v) is 2.69. The van der Waals surface area contributed by atoms with Crippen LogP contribution in [0.2, 0.25) is 0 Å². The Balaban J connectivity index is 2.17. The van der Waals surface area contributed by atoms with Crippen molar-refractivity contribution in [1.82, 2.24) is 0 Å². The first kappa shape index (κ1) is 11.5. The number of hydrogen-bond donors (Lipinski definition) is 0. The summed E-state index contributed by atoms with van der Waals surface area (Å²) < 4.78 is 5.30. The Morgan fingerprint density at radius 2 is 2.12 bits per heavy atom. The van der Waals surface area contributed by atoms with E-state index < -0.39 is 0 Å². The summed E-state index contributed by atoms with van der Waals surface area (Å²) in [6.45, 7) is 0. The van der Waals surface area contributed by atoms with E-state index >= 15 is 0 Å². The number of hydrogen-bond acceptors (Lipinski definition) is 2. The van der Waals surface area contributed by atoms with Crippen molar-refractivity contribution in [3.05, 3.63) is 52.2 Å². The van der Waals surface area contributed by atoms with Crippen molar-refractivity contribution in [3.8, 4) is 5.75 Å². The lowest BCUT2D eigenvalue weighted by Gasteiger charge is -2.13. The van der Waals surface area contributed by atoms with Crippen molar-refractivity contribution < 1.29 is 4.74 Å². The molecule has 1 nitrogen and oxygen atoms in total. The van der Waals surface area contributed by atoms with E-state index in [0.29, 0.717) is 0 Å². The molecule has 2 rings (SSSR count). The zero-order chi connectivity index (χ0) is 11.4. The fourth-order valence-electron chi connectivity index (χ4n) is 1.65. The maximum Gasteiger partial charge on any atom is 0.123 e.